The molecule has 0 heterocycles. The van der Waals surface area contributed by atoms with Crippen molar-refractivity contribution in [1.29, 1.82) is 0 Å². The van der Waals surface area contributed by atoms with E-state index in [0.29, 0.717) is 5.75 Å². The van der Waals surface area contributed by atoms with Gasteiger partial charge in [-0.25, -0.2) is 8.78 Å². The zero-order valence-corrected chi connectivity index (χ0v) is 12.6. The van der Waals surface area contributed by atoms with Crippen LogP contribution in [-0.2, 0) is 4.79 Å². The molecule has 1 amide bonds. The molecule has 2 aromatic rings. The monoisotopic (exact) mass is 305 g/mol. The Morgan fingerprint density at radius 1 is 1.14 bits per heavy atom. The van der Waals surface area contributed by atoms with Crippen molar-refractivity contribution in [1.82, 2.24) is 0 Å². The summed E-state index contributed by atoms with van der Waals surface area (Å²) in [6.45, 7) is 5.29. The molecule has 0 aromatic heterocycles. The molecule has 0 aliphatic rings. The molecule has 5 heteroatoms. The van der Waals surface area contributed by atoms with Gasteiger partial charge in [0.05, 0.1) is 0 Å². The normalized spacial score (nSPS) is 11.9. The second kappa shape index (κ2) is 6.56. The van der Waals surface area contributed by atoms with E-state index in [1.807, 2.05) is 32.0 Å². The van der Waals surface area contributed by atoms with Gasteiger partial charge in [-0.3, -0.25) is 4.79 Å². The molecular weight excluding hydrogens is 288 g/mol. The second-order valence-corrected chi connectivity index (χ2v) is 5.11. The maximum absolute atomic E-state index is 13.5. The lowest BCUT2D eigenvalue weighted by Crippen LogP contribution is -2.31. The van der Waals surface area contributed by atoms with Crippen molar-refractivity contribution in [2.75, 3.05) is 5.32 Å². The van der Waals surface area contributed by atoms with Crippen LogP contribution < -0.4 is 10.1 Å². The van der Waals surface area contributed by atoms with Crippen LogP contribution in [0.3, 0.4) is 0 Å². The lowest BCUT2D eigenvalue weighted by atomic mass is 10.1. The maximum atomic E-state index is 13.5. The fourth-order valence-electron chi connectivity index (χ4n) is 1.92. The summed E-state index contributed by atoms with van der Waals surface area (Å²) >= 11 is 0. The summed E-state index contributed by atoms with van der Waals surface area (Å²) in [5, 5.41) is 2.22. The first-order valence-electron chi connectivity index (χ1n) is 6.87. The van der Waals surface area contributed by atoms with Crippen molar-refractivity contribution in [3.05, 3.63) is 59.2 Å². The molecule has 2 aromatic carbocycles. The van der Waals surface area contributed by atoms with Crippen LogP contribution in [0.5, 0.6) is 5.75 Å². The number of hydrogen-bond acceptors (Lipinski definition) is 2. The molecule has 22 heavy (non-hydrogen) atoms. The molecule has 3 nitrogen and oxygen atoms in total. The SMILES string of the molecule is Cc1ccc(C)c(O[C@@H](C)C(=O)Nc2c(F)cccc2F)c1. The number of aryl methyl sites for hydroxylation is 2. The third-order valence-electron chi connectivity index (χ3n) is 3.23. The van der Waals surface area contributed by atoms with E-state index in [1.165, 1.54) is 13.0 Å². The Bertz CT molecular complexity index is 681. The smallest absolute Gasteiger partial charge is 0.265 e. The van der Waals surface area contributed by atoms with E-state index in [1.54, 1.807) is 0 Å². The Balaban J connectivity index is 2.11. The highest BCUT2D eigenvalue weighted by Gasteiger charge is 2.19. The molecule has 0 unspecified atom stereocenters. The first-order chi connectivity index (χ1) is 10.4. The number of benzene rings is 2. The van der Waals surface area contributed by atoms with Crippen molar-refractivity contribution in [3.8, 4) is 5.75 Å². The van der Waals surface area contributed by atoms with Crippen molar-refractivity contribution < 1.29 is 18.3 Å². The van der Waals surface area contributed by atoms with E-state index in [2.05, 4.69) is 5.32 Å². The molecule has 0 saturated heterocycles. The third kappa shape index (κ3) is 3.61. The summed E-state index contributed by atoms with van der Waals surface area (Å²) in [5.41, 5.74) is 1.40. The van der Waals surface area contributed by atoms with Crippen molar-refractivity contribution in [2.24, 2.45) is 0 Å². The van der Waals surface area contributed by atoms with Crippen LogP contribution in [0.1, 0.15) is 18.1 Å². The van der Waals surface area contributed by atoms with Gasteiger partial charge < -0.3 is 10.1 Å². The van der Waals surface area contributed by atoms with Gasteiger partial charge in [0, 0.05) is 0 Å². The number of anilines is 1. The number of rotatable bonds is 4. The van der Waals surface area contributed by atoms with Crippen LogP contribution in [0.15, 0.2) is 36.4 Å². The number of amides is 1. The summed E-state index contributed by atoms with van der Waals surface area (Å²) in [5.74, 6) is -1.71. The summed E-state index contributed by atoms with van der Waals surface area (Å²) < 4.78 is 32.6. The lowest BCUT2D eigenvalue weighted by Gasteiger charge is -2.17. The summed E-state index contributed by atoms with van der Waals surface area (Å²) in [7, 11) is 0. The highest BCUT2D eigenvalue weighted by Crippen LogP contribution is 2.22. The van der Waals surface area contributed by atoms with E-state index in [0.717, 1.165) is 23.3 Å². The van der Waals surface area contributed by atoms with Crippen LogP contribution in [-0.4, -0.2) is 12.0 Å². The van der Waals surface area contributed by atoms with Gasteiger partial charge in [-0.1, -0.05) is 18.2 Å². The Morgan fingerprint density at radius 2 is 1.77 bits per heavy atom. The molecular formula is C17H17F2NO2. The minimum atomic E-state index is -0.889. The number of ether oxygens (including phenoxy) is 1. The Labute approximate surface area is 127 Å². The van der Waals surface area contributed by atoms with Gasteiger partial charge in [0.15, 0.2) is 6.10 Å². The number of nitrogens with one attached hydrogen (secondary N) is 1. The van der Waals surface area contributed by atoms with Gasteiger partial charge in [-0.2, -0.15) is 0 Å². The number of carbonyl (C=O) groups is 1. The zero-order valence-electron chi connectivity index (χ0n) is 12.6. The van der Waals surface area contributed by atoms with Gasteiger partial charge >= 0.3 is 0 Å². The molecule has 0 spiro atoms. The largest absolute Gasteiger partial charge is 0.481 e. The number of para-hydroxylation sites is 1. The molecule has 0 fully saturated rings. The number of carbonyl (C=O) groups excluding carboxylic acids is 1. The zero-order chi connectivity index (χ0) is 16.3. The van der Waals surface area contributed by atoms with Gasteiger partial charge in [-0.05, 0) is 50.1 Å². The van der Waals surface area contributed by atoms with E-state index < -0.39 is 29.3 Å². The van der Waals surface area contributed by atoms with E-state index >= 15 is 0 Å². The summed E-state index contributed by atoms with van der Waals surface area (Å²) in [6, 6.07) is 9.01. The number of halogens is 2. The summed E-state index contributed by atoms with van der Waals surface area (Å²) in [4.78, 5) is 12.0. The first kappa shape index (κ1) is 15.9. The quantitative estimate of drug-likeness (QED) is 0.927. The van der Waals surface area contributed by atoms with Gasteiger partial charge in [0.2, 0.25) is 0 Å². The van der Waals surface area contributed by atoms with Gasteiger partial charge in [-0.15, -0.1) is 0 Å². The molecule has 0 bridgehead atoms. The topological polar surface area (TPSA) is 38.3 Å². The van der Waals surface area contributed by atoms with Gasteiger partial charge in [0.1, 0.15) is 23.1 Å². The van der Waals surface area contributed by atoms with Gasteiger partial charge in [0.25, 0.3) is 5.91 Å². The van der Waals surface area contributed by atoms with E-state index in [4.69, 9.17) is 4.74 Å². The van der Waals surface area contributed by atoms with Crippen molar-refractivity contribution in [3.63, 3.8) is 0 Å². The fraction of sp³-hybridized carbons (Fsp3) is 0.235. The van der Waals surface area contributed by atoms with Crippen LogP contribution in [0.4, 0.5) is 14.5 Å². The van der Waals surface area contributed by atoms with E-state index in [-0.39, 0.29) is 0 Å². The molecule has 116 valence electrons. The Kier molecular flexibility index (Phi) is 4.75. The van der Waals surface area contributed by atoms with Crippen LogP contribution in [0.2, 0.25) is 0 Å². The third-order valence-corrected chi connectivity index (χ3v) is 3.23. The summed E-state index contributed by atoms with van der Waals surface area (Å²) in [6.07, 6.45) is -0.889. The lowest BCUT2D eigenvalue weighted by molar-refractivity contribution is -0.122. The Hall–Kier alpha value is -2.43. The van der Waals surface area contributed by atoms with Crippen molar-refractivity contribution >= 4 is 11.6 Å². The van der Waals surface area contributed by atoms with Crippen LogP contribution in [0.25, 0.3) is 0 Å². The fourth-order valence-corrected chi connectivity index (χ4v) is 1.92. The standard InChI is InChI=1S/C17H17F2NO2/c1-10-7-8-11(2)15(9-10)22-12(3)17(21)20-16-13(18)5-4-6-14(16)19/h4-9,12H,1-3H3,(H,20,21)/t12-/m0/s1. The maximum Gasteiger partial charge on any atom is 0.265 e. The first-order valence-corrected chi connectivity index (χ1v) is 6.87. The Morgan fingerprint density at radius 3 is 2.41 bits per heavy atom. The highest BCUT2D eigenvalue weighted by molar-refractivity contribution is 5.94. The predicted octanol–water partition coefficient (Wildman–Crippen LogP) is 3.99. The number of hydrogen-bond donors (Lipinski definition) is 1. The average molecular weight is 305 g/mol. The molecule has 0 radical (unpaired) electrons. The average Bonchev–Trinajstić information content (AvgIpc) is 2.46. The molecule has 1 N–H and O–H groups in total. The predicted molar refractivity (Wildman–Crippen MR) is 81.0 cm³/mol. The molecule has 2 rings (SSSR count). The van der Waals surface area contributed by atoms with Crippen LogP contribution in [0, 0.1) is 25.5 Å². The van der Waals surface area contributed by atoms with Crippen molar-refractivity contribution in [2.45, 2.75) is 26.9 Å². The van der Waals surface area contributed by atoms with E-state index in [9.17, 15) is 13.6 Å². The van der Waals surface area contributed by atoms with Crippen LogP contribution >= 0.6 is 0 Å². The minimum absolute atomic E-state index is 0.469. The second-order valence-electron chi connectivity index (χ2n) is 5.11. The molecule has 0 saturated carbocycles. The highest BCUT2D eigenvalue weighted by atomic mass is 19.1. The minimum Gasteiger partial charge on any atom is -0.481 e. The molecule has 0 aliphatic carbocycles. The molecule has 0 aliphatic heterocycles. The molecule has 1 atom stereocenters.